The number of benzene rings is 2. The molecule has 146 valence electrons. The second-order valence-corrected chi connectivity index (χ2v) is 8.22. The molecule has 0 radical (unpaired) electrons. The van der Waals surface area contributed by atoms with Crippen LogP contribution in [0.25, 0.3) is 0 Å². The first-order valence-corrected chi connectivity index (χ1v) is 10.3. The molecule has 2 aromatic carbocycles. The molecule has 0 heterocycles. The van der Waals surface area contributed by atoms with Crippen LogP contribution in [0.2, 0.25) is 0 Å². The number of phenols is 1. The molecule has 0 aliphatic carbocycles. The lowest BCUT2D eigenvalue weighted by atomic mass is 10.1. The Balaban J connectivity index is 2.14. The Bertz CT molecular complexity index is 866. The van der Waals surface area contributed by atoms with E-state index in [2.05, 4.69) is 0 Å². The zero-order chi connectivity index (χ0) is 19.9. The lowest BCUT2D eigenvalue weighted by molar-refractivity contribution is -0.385. The summed E-state index contributed by atoms with van der Waals surface area (Å²) in [4.78, 5) is 10.3. The molecule has 0 saturated carbocycles. The molecule has 27 heavy (non-hydrogen) atoms. The number of nitro groups is 1. The summed E-state index contributed by atoms with van der Waals surface area (Å²) in [7, 11) is -3.80. The summed E-state index contributed by atoms with van der Waals surface area (Å²) in [5, 5.41) is 20.3. The Kier molecular flexibility index (Phi) is 7.32. The monoisotopic (exact) mass is 392 g/mol. The summed E-state index contributed by atoms with van der Waals surface area (Å²) >= 11 is 0. The van der Waals surface area contributed by atoms with Gasteiger partial charge in [-0.15, -0.1) is 0 Å². The molecule has 1 N–H and O–H groups in total. The molecule has 0 atom stereocenters. The topological polar surface area (TPSA) is 101 Å². The maximum Gasteiger partial charge on any atom is 0.270 e. The van der Waals surface area contributed by atoms with Crippen molar-refractivity contribution in [3.05, 3.63) is 64.2 Å². The van der Waals surface area contributed by atoms with Crippen LogP contribution in [0.3, 0.4) is 0 Å². The molecular formula is C19H24N2O5S. The Hall–Kier alpha value is -2.45. The van der Waals surface area contributed by atoms with E-state index in [1.165, 1.54) is 22.5 Å². The fourth-order valence-electron chi connectivity index (χ4n) is 2.72. The van der Waals surface area contributed by atoms with Crippen LogP contribution in [0.15, 0.2) is 53.4 Å². The lowest BCUT2D eigenvalue weighted by Gasteiger charge is -2.22. The number of rotatable bonds is 10. The zero-order valence-corrected chi connectivity index (χ0v) is 16.1. The quantitative estimate of drug-likeness (QED) is 0.490. The van der Waals surface area contributed by atoms with E-state index in [9.17, 15) is 23.6 Å². The molecule has 0 aromatic heterocycles. The Morgan fingerprint density at radius 3 is 2.37 bits per heavy atom. The normalized spacial score (nSPS) is 11.6. The van der Waals surface area contributed by atoms with Crippen LogP contribution < -0.4 is 0 Å². The molecule has 2 rings (SSSR count). The van der Waals surface area contributed by atoms with E-state index in [-0.39, 0.29) is 16.3 Å². The zero-order valence-electron chi connectivity index (χ0n) is 15.2. The number of sulfonamides is 1. The van der Waals surface area contributed by atoms with Crippen molar-refractivity contribution in [1.29, 1.82) is 0 Å². The average Bonchev–Trinajstić information content (AvgIpc) is 2.66. The van der Waals surface area contributed by atoms with Gasteiger partial charge in [-0.25, -0.2) is 8.42 Å². The van der Waals surface area contributed by atoms with E-state index in [4.69, 9.17) is 0 Å². The van der Waals surface area contributed by atoms with Crippen LogP contribution in [-0.4, -0.2) is 35.8 Å². The van der Waals surface area contributed by atoms with Gasteiger partial charge in [0.2, 0.25) is 10.0 Å². The van der Waals surface area contributed by atoms with E-state index in [0.717, 1.165) is 18.1 Å². The second-order valence-electron chi connectivity index (χ2n) is 6.28. The molecule has 8 heteroatoms. The third-order valence-electron chi connectivity index (χ3n) is 4.24. The van der Waals surface area contributed by atoms with Crippen molar-refractivity contribution >= 4 is 15.7 Å². The average molecular weight is 392 g/mol. The minimum absolute atomic E-state index is 0.0579. The SMILES string of the molecule is CCCCN(CCCc1ccc(O)cc1)S(=O)(=O)c1cccc([N+](=O)[O-])c1. The van der Waals surface area contributed by atoms with Gasteiger partial charge in [0.15, 0.2) is 0 Å². The summed E-state index contributed by atoms with van der Waals surface area (Å²) < 4.78 is 27.3. The van der Waals surface area contributed by atoms with Gasteiger partial charge in [0.25, 0.3) is 5.69 Å². The lowest BCUT2D eigenvalue weighted by Crippen LogP contribution is -2.33. The molecule has 2 aromatic rings. The molecule has 0 bridgehead atoms. The van der Waals surface area contributed by atoms with Crippen molar-refractivity contribution in [2.45, 2.75) is 37.5 Å². The van der Waals surface area contributed by atoms with Crippen LogP contribution in [0, 0.1) is 10.1 Å². The number of nitro benzene ring substituents is 1. The number of hydrogen-bond donors (Lipinski definition) is 1. The molecule has 0 fully saturated rings. The predicted molar refractivity (Wildman–Crippen MR) is 103 cm³/mol. The fraction of sp³-hybridized carbons (Fsp3) is 0.368. The van der Waals surface area contributed by atoms with Crippen molar-refractivity contribution < 1.29 is 18.4 Å². The first-order chi connectivity index (χ1) is 12.8. The van der Waals surface area contributed by atoms with Crippen molar-refractivity contribution in [1.82, 2.24) is 4.31 Å². The maximum absolute atomic E-state index is 13.0. The van der Waals surface area contributed by atoms with E-state index >= 15 is 0 Å². The van der Waals surface area contributed by atoms with Crippen molar-refractivity contribution in [3.63, 3.8) is 0 Å². The van der Waals surface area contributed by atoms with Crippen LogP contribution in [0.4, 0.5) is 5.69 Å². The predicted octanol–water partition coefficient (Wildman–Crippen LogP) is 3.72. The number of nitrogens with zero attached hydrogens (tertiary/aromatic N) is 2. The summed E-state index contributed by atoms with van der Waals surface area (Å²) in [6.45, 7) is 2.68. The molecule has 0 saturated heterocycles. The standard InChI is InChI=1S/C19H24N2O5S/c1-2-3-13-20(14-5-6-16-9-11-18(22)12-10-16)27(25,26)19-8-4-7-17(15-19)21(23)24/h4,7-12,15,22H,2-3,5-6,13-14H2,1H3. The molecule has 0 spiro atoms. The largest absolute Gasteiger partial charge is 0.508 e. The highest BCUT2D eigenvalue weighted by molar-refractivity contribution is 7.89. The number of phenolic OH excluding ortho intramolecular Hbond substituents is 1. The van der Waals surface area contributed by atoms with Crippen molar-refractivity contribution in [2.24, 2.45) is 0 Å². The second kappa shape index (κ2) is 9.48. The minimum Gasteiger partial charge on any atom is -0.508 e. The van der Waals surface area contributed by atoms with E-state index in [1.54, 1.807) is 24.3 Å². The minimum atomic E-state index is -3.80. The highest BCUT2D eigenvalue weighted by Gasteiger charge is 2.25. The first-order valence-electron chi connectivity index (χ1n) is 8.87. The van der Waals surface area contributed by atoms with Gasteiger partial charge in [-0.3, -0.25) is 10.1 Å². The van der Waals surface area contributed by atoms with Crippen LogP contribution >= 0.6 is 0 Å². The van der Waals surface area contributed by atoms with Crippen LogP contribution in [-0.2, 0) is 16.4 Å². The van der Waals surface area contributed by atoms with Gasteiger partial charge in [-0.2, -0.15) is 4.31 Å². The molecule has 0 amide bonds. The first kappa shape index (κ1) is 20.9. The van der Waals surface area contributed by atoms with Gasteiger partial charge < -0.3 is 5.11 Å². The van der Waals surface area contributed by atoms with Gasteiger partial charge in [0, 0.05) is 25.2 Å². The van der Waals surface area contributed by atoms with Crippen LogP contribution in [0.5, 0.6) is 5.75 Å². The third kappa shape index (κ3) is 5.77. The van der Waals surface area contributed by atoms with Gasteiger partial charge in [0.1, 0.15) is 5.75 Å². The highest BCUT2D eigenvalue weighted by atomic mass is 32.2. The molecular weight excluding hydrogens is 368 g/mol. The van der Waals surface area contributed by atoms with Gasteiger partial charge >= 0.3 is 0 Å². The summed E-state index contributed by atoms with van der Waals surface area (Å²) in [6, 6.07) is 12.0. The molecule has 0 aliphatic rings. The number of aromatic hydroxyl groups is 1. The molecule has 0 aliphatic heterocycles. The number of unbranched alkanes of at least 4 members (excludes halogenated alkanes) is 1. The Labute approximate surface area is 159 Å². The van der Waals surface area contributed by atoms with E-state index in [1.807, 2.05) is 6.92 Å². The smallest absolute Gasteiger partial charge is 0.270 e. The Morgan fingerprint density at radius 2 is 1.74 bits per heavy atom. The van der Waals surface area contributed by atoms with Crippen molar-refractivity contribution in [3.8, 4) is 5.75 Å². The number of aryl methyl sites for hydroxylation is 1. The van der Waals surface area contributed by atoms with Gasteiger partial charge in [-0.1, -0.05) is 31.5 Å². The van der Waals surface area contributed by atoms with Gasteiger partial charge in [0.05, 0.1) is 9.82 Å². The fourth-order valence-corrected chi connectivity index (χ4v) is 4.27. The summed E-state index contributed by atoms with van der Waals surface area (Å²) in [5.74, 6) is 0.191. The number of non-ortho nitro benzene ring substituents is 1. The van der Waals surface area contributed by atoms with Gasteiger partial charge in [-0.05, 0) is 43.0 Å². The molecule has 7 nitrogen and oxygen atoms in total. The third-order valence-corrected chi connectivity index (χ3v) is 6.13. The number of hydrogen-bond acceptors (Lipinski definition) is 5. The summed E-state index contributed by atoms with van der Waals surface area (Å²) in [5.41, 5.74) is 0.770. The Morgan fingerprint density at radius 1 is 1.07 bits per heavy atom. The van der Waals surface area contributed by atoms with E-state index in [0.29, 0.717) is 32.4 Å². The van der Waals surface area contributed by atoms with E-state index < -0.39 is 14.9 Å². The molecule has 0 unspecified atom stereocenters. The summed E-state index contributed by atoms with van der Waals surface area (Å²) in [6.07, 6.45) is 2.85. The highest BCUT2D eigenvalue weighted by Crippen LogP contribution is 2.22. The van der Waals surface area contributed by atoms with Crippen molar-refractivity contribution in [2.75, 3.05) is 13.1 Å². The van der Waals surface area contributed by atoms with Crippen LogP contribution in [0.1, 0.15) is 31.7 Å². The maximum atomic E-state index is 13.0.